The van der Waals surface area contributed by atoms with Crippen molar-refractivity contribution < 1.29 is 14.3 Å². The second kappa shape index (κ2) is 6.44. The number of hydrogen-bond donors (Lipinski definition) is 0. The minimum Gasteiger partial charge on any atom is -0.497 e. The lowest BCUT2D eigenvalue weighted by Gasteiger charge is -2.08. The molecular weight excluding hydrogens is 276 g/mol. The van der Waals surface area contributed by atoms with Crippen LogP contribution in [0.4, 0.5) is 0 Å². The number of ether oxygens (including phenoxy) is 2. The van der Waals surface area contributed by atoms with Gasteiger partial charge in [-0.2, -0.15) is 0 Å². The topological polar surface area (TPSA) is 35.5 Å². The quantitative estimate of drug-likeness (QED) is 0.805. The second-order valence-corrected chi connectivity index (χ2v) is 4.70. The van der Waals surface area contributed by atoms with Crippen LogP contribution in [0.5, 0.6) is 5.75 Å². The molecule has 2 rings (SSSR count). The van der Waals surface area contributed by atoms with Gasteiger partial charge in [0, 0.05) is 10.6 Å². The van der Waals surface area contributed by atoms with E-state index >= 15 is 0 Å². The van der Waals surface area contributed by atoms with Crippen LogP contribution < -0.4 is 4.74 Å². The Morgan fingerprint density at radius 1 is 1.10 bits per heavy atom. The molecule has 0 heterocycles. The average Bonchev–Trinajstić information content (AvgIpc) is 2.47. The van der Waals surface area contributed by atoms with Gasteiger partial charge in [-0.15, -0.1) is 0 Å². The number of carbonyl (C=O) groups excluding carboxylic acids is 1. The van der Waals surface area contributed by atoms with Gasteiger partial charge in [0.2, 0.25) is 0 Å². The Balaban J connectivity index is 2.26. The van der Waals surface area contributed by atoms with E-state index in [-0.39, 0.29) is 12.4 Å². The highest BCUT2D eigenvalue weighted by Gasteiger charge is 2.08. The highest BCUT2D eigenvalue weighted by molar-refractivity contribution is 6.33. The molecule has 0 radical (unpaired) electrons. The summed E-state index contributed by atoms with van der Waals surface area (Å²) in [5.41, 5.74) is 2.75. The first kappa shape index (κ1) is 14.4. The van der Waals surface area contributed by atoms with E-state index < -0.39 is 0 Å². The molecule has 0 atom stereocenters. The average molecular weight is 291 g/mol. The lowest BCUT2D eigenvalue weighted by molar-refractivity contribution is -0.139. The molecule has 2 aromatic rings. The highest BCUT2D eigenvalue weighted by atomic mass is 35.5. The first-order chi connectivity index (χ1) is 9.63. The molecule has 104 valence electrons. The minimum absolute atomic E-state index is 0.221. The van der Waals surface area contributed by atoms with Crippen LogP contribution in [0.1, 0.15) is 5.56 Å². The third kappa shape index (κ3) is 3.31. The zero-order valence-electron chi connectivity index (χ0n) is 11.4. The molecule has 20 heavy (non-hydrogen) atoms. The van der Waals surface area contributed by atoms with Crippen molar-refractivity contribution in [2.24, 2.45) is 0 Å². The molecule has 0 aliphatic heterocycles. The molecule has 0 unspecified atom stereocenters. The number of hydrogen-bond acceptors (Lipinski definition) is 3. The fourth-order valence-corrected chi connectivity index (χ4v) is 2.22. The van der Waals surface area contributed by atoms with Gasteiger partial charge in [0.1, 0.15) is 5.75 Å². The Morgan fingerprint density at radius 2 is 1.80 bits per heavy atom. The number of halogens is 1. The van der Waals surface area contributed by atoms with Crippen LogP contribution in [0.3, 0.4) is 0 Å². The Hall–Kier alpha value is -2.00. The van der Waals surface area contributed by atoms with Gasteiger partial charge in [0.05, 0.1) is 20.6 Å². The van der Waals surface area contributed by atoms with Crippen molar-refractivity contribution in [1.82, 2.24) is 0 Å². The number of methoxy groups -OCH3 is 2. The van der Waals surface area contributed by atoms with Crippen molar-refractivity contribution in [3.63, 3.8) is 0 Å². The summed E-state index contributed by atoms with van der Waals surface area (Å²) >= 11 is 6.28. The molecule has 0 saturated heterocycles. The smallest absolute Gasteiger partial charge is 0.309 e. The molecule has 3 nitrogen and oxygen atoms in total. The second-order valence-electron chi connectivity index (χ2n) is 4.30. The van der Waals surface area contributed by atoms with Gasteiger partial charge in [0.25, 0.3) is 0 Å². The molecule has 0 aromatic heterocycles. The van der Waals surface area contributed by atoms with E-state index in [9.17, 15) is 4.79 Å². The van der Waals surface area contributed by atoms with Crippen molar-refractivity contribution in [2.75, 3.05) is 14.2 Å². The maximum absolute atomic E-state index is 11.2. The van der Waals surface area contributed by atoms with E-state index in [1.165, 1.54) is 7.11 Å². The van der Waals surface area contributed by atoms with Crippen molar-refractivity contribution in [3.05, 3.63) is 53.1 Å². The summed E-state index contributed by atoms with van der Waals surface area (Å²) < 4.78 is 9.76. The molecule has 0 fully saturated rings. The van der Waals surface area contributed by atoms with Gasteiger partial charge in [0.15, 0.2) is 0 Å². The summed E-state index contributed by atoms with van der Waals surface area (Å²) in [5.74, 6) is 0.519. The molecule has 0 saturated carbocycles. The highest BCUT2D eigenvalue weighted by Crippen LogP contribution is 2.30. The molecule has 2 aromatic carbocycles. The lowest BCUT2D eigenvalue weighted by Crippen LogP contribution is -2.04. The summed E-state index contributed by atoms with van der Waals surface area (Å²) in [6, 6.07) is 13.2. The van der Waals surface area contributed by atoms with Crippen molar-refractivity contribution in [2.45, 2.75) is 6.42 Å². The number of benzene rings is 2. The summed E-state index contributed by atoms with van der Waals surface area (Å²) in [4.78, 5) is 11.2. The van der Waals surface area contributed by atoms with Crippen molar-refractivity contribution >= 4 is 17.6 Å². The fraction of sp³-hybridized carbons (Fsp3) is 0.188. The monoisotopic (exact) mass is 290 g/mol. The van der Waals surface area contributed by atoms with E-state index in [4.69, 9.17) is 16.3 Å². The number of carbonyl (C=O) groups is 1. The molecule has 4 heteroatoms. The van der Waals surface area contributed by atoms with Gasteiger partial charge in [-0.1, -0.05) is 35.9 Å². The van der Waals surface area contributed by atoms with Crippen LogP contribution in [0.2, 0.25) is 5.02 Å². The van der Waals surface area contributed by atoms with Gasteiger partial charge >= 0.3 is 5.97 Å². The summed E-state index contributed by atoms with van der Waals surface area (Å²) in [6.07, 6.45) is 0.221. The van der Waals surface area contributed by atoms with Crippen molar-refractivity contribution in [1.29, 1.82) is 0 Å². The van der Waals surface area contributed by atoms with Gasteiger partial charge in [-0.05, 0) is 29.3 Å². The van der Waals surface area contributed by atoms with Crippen LogP contribution >= 0.6 is 11.6 Å². The number of rotatable bonds is 4. The molecule has 0 aliphatic carbocycles. The van der Waals surface area contributed by atoms with Gasteiger partial charge in [-0.3, -0.25) is 4.79 Å². The first-order valence-corrected chi connectivity index (χ1v) is 6.51. The van der Waals surface area contributed by atoms with Crippen molar-refractivity contribution in [3.8, 4) is 16.9 Å². The Bertz CT molecular complexity index is 606. The maximum atomic E-state index is 11.2. The SMILES string of the molecule is COC(=O)Cc1ccc(-c2ccc(OC)cc2)c(Cl)c1. The lowest BCUT2D eigenvalue weighted by atomic mass is 10.0. The Kier molecular flexibility index (Phi) is 4.64. The van der Waals surface area contributed by atoms with Crippen LogP contribution in [-0.2, 0) is 16.0 Å². The zero-order chi connectivity index (χ0) is 14.5. The third-order valence-electron chi connectivity index (χ3n) is 3.01. The predicted octanol–water partition coefficient (Wildman–Crippen LogP) is 3.73. The molecular formula is C16H15ClO3. The van der Waals surface area contributed by atoms with Crippen LogP contribution in [0.15, 0.2) is 42.5 Å². The standard InChI is InChI=1S/C16H15ClO3/c1-19-13-6-4-12(5-7-13)14-8-3-11(9-15(14)17)10-16(18)20-2/h3-9H,10H2,1-2H3. The van der Waals surface area contributed by atoms with E-state index in [1.54, 1.807) is 13.2 Å². The minimum atomic E-state index is -0.279. The summed E-state index contributed by atoms with van der Waals surface area (Å²) in [7, 11) is 3.00. The van der Waals surface area contributed by atoms with Gasteiger partial charge in [-0.25, -0.2) is 0 Å². The Morgan fingerprint density at radius 3 is 2.35 bits per heavy atom. The first-order valence-electron chi connectivity index (χ1n) is 6.13. The van der Waals surface area contributed by atoms with E-state index in [0.717, 1.165) is 22.4 Å². The maximum Gasteiger partial charge on any atom is 0.309 e. The normalized spacial score (nSPS) is 10.2. The third-order valence-corrected chi connectivity index (χ3v) is 3.32. The van der Waals surface area contributed by atoms with Gasteiger partial charge < -0.3 is 9.47 Å². The molecule has 0 amide bonds. The fourth-order valence-electron chi connectivity index (χ4n) is 1.91. The number of esters is 1. The van der Waals surface area contributed by atoms with Crippen LogP contribution in [-0.4, -0.2) is 20.2 Å². The predicted molar refractivity (Wildman–Crippen MR) is 79.2 cm³/mol. The van der Waals surface area contributed by atoms with Crippen LogP contribution in [0, 0.1) is 0 Å². The summed E-state index contributed by atoms with van der Waals surface area (Å²) in [6.45, 7) is 0. The molecule has 0 N–H and O–H groups in total. The largest absolute Gasteiger partial charge is 0.497 e. The molecule has 0 bridgehead atoms. The van der Waals surface area contributed by atoms with E-state index in [2.05, 4.69) is 4.74 Å². The van der Waals surface area contributed by atoms with E-state index in [1.807, 2.05) is 36.4 Å². The summed E-state index contributed by atoms with van der Waals surface area (Å²) in [5, 5.41) is 0.608. The zero-order valence-corrected chi connectivity index (χ0v) is 12.1. The molecule has 0 spiro atoms. The molecule has 0 aliphatic rings. The van der Waals surface area contributed by atoms with E-state index in [0.29, 0.717) is 5.02 Å². The van der Waals surface area contributed by atoms with Crippen LogP contribution in [0.25, 0.3) is 11.1 Å². The Labute approximate surface area is 123 Å².